The number of thioether (sulfide) groups is 1. The van der Waals surface area contributed by atoms with Crippen LogP contribution in [0.5, 0.6) is 0 Å². The molecule has 15 heavy (non-hydrogen) atoms. The Balaban J connectivity index is 2.18. The fourth-order valence-electron chi connectivity index (χ4n) is 1.32. The van der Waals surface area contributed by atoms with E-state index >= 15 is 0 Å². The van der Waals surface area contributed by atoms with Crippen LogP contribution in [0.4, 0.5) is 5.69 Å². The summed E-state index contributed by atoms with van der Waals surface area (Å²) in [4.78, 5) is 4.31. The Morgan fingerprint density at radius 2 is 2.20 bits per heavy atom. The number of hydrogen-bond acceptors (Lipinski definition) is 4. The van der Waals surface area contributed by atoms with Crippen molar-refractivity contribution in [3.63, 3.8) is 0 Å². The monoisotopic (exact) mass is 220 g/mol. The minimum Gasteiger partial charge on any atom is -0.398 e. The second-order valence-corrected chi connectivity index (χ2v) is 3.92. The van der Waals surface area contributed by atoms with Crippen LogP contribution in [-0.2, 0) is 6.42 Å². The average molecular weight is 220 g/mol. The number of nitrogen functional groups attached to an aromatic ring is 1. The van der Waals surface area contributed by atoms with Crippen molar-refractivity contribution in [2.24, 2.45) is 0 Å². The summed E-state index contributed by atoms with van der Waals surface area (Å²) >= 11 is 1.52. The molecule has 5 heteroatoms. The first-order valence-corrected chi connectivity index (χ1v) is 5.80. The SMILES string of the molecule is CSc1n[nH]c(Cc2ccccc2N)n1. The summed E-state index contributed by atoms with van der Waals surface area (Å²) in [6, 6.07) is 7.78. The summed E-state index contributed by atoms with van der Waals surface area (Å²) in [5.41, 5.74) is 7.70. The van der Waals surface area contributed by atoms with Crippen molar-refractivity contribution in [3.8, 4) is 0 Å². The topological polar surface area (TPSA) is 67.6 Å². The first kappa shape index (κ1) is 10.0. The highest BCUT2D eigenvalue weighted by molar-refractivity contribution is 7.98. The van der Waals surface area contributed by atoms with Gasteiger partial charge in [-0.25, -0.2) is 4.98 Å². The van der Waals surface area contributed by atoms with Crippen LogP contribution >= 0.6 is 11.8 Å². The highest BCUT2D eigenvalue weighted by Crippen LogP contribution is 2.15. The standard InChI is InChI=1S/C10H12N4S/c1-15-10-12-9(13-14-10)6-7-4-2-3-5-8(7)11/h2-5H,6,11H2,1H3,(H,12,13,14). The van der Waals surface area contributed by atoms with E-state index in [4.69, 9.17) is 5.73 Å². The first-order chi connectivity index (χ1) is 7.29. The number of para-hydroxylation sites is 1. The van der Waals surface area contributed by atoms with E-state index in [0.717, 1.165) is 22.2 Å². The van der Waals surface area contributed by atoms with Crippen LogP contribution in [0.15, 0.2) is 29.4 Å². The first-order valence-electron chi connectivity index (χ1n) is 4.58. The fourth-order valence-corrected chi connectivity index (χ4v) is 1.66. The van der Waals surface area contributed by atoms with E-state index in [9.17, 15) is 0 Å². The van der Waals surface area contributed by atoms with Gasteiger partial charge in [0.15, 0.2) is 0 Å². The van der Waals surface area contributed by atoms with Crippen LogP contribution < -0.4 is 5.73 Å². The molecule has 0 bridgehead atoms. The third-order valence-corrected chi connectivity index (χ3v) is 2.65. The van der Waals surface area contributed by atoms with E-state index < -0.39 is 0 Å². The third-order valence-electron chi connectivity index (χ3n) is 2.11. The van der Waals surface area contributed by atoms with Crippen LogP contribution in [-0.4, -0.2) is 21.4 Å². The normalized spacial score (nSPS) is 10.5. The molecule has 0 spiro atoms. The molecular formula is C10H12N4S. The molecule has 3 N–H and O–H groups in total. The molecule has 0 atom stereocenters. The molecule has 1 aromatic heterocycles. The van der Waals surface area contributed by atoms with Gasteiger partial charge in [0.1, 0.15) is 5.82 Å². The molecule has 0 radical (unpaired) electrons. The molecule has 0 amide bonds. The number of aromatic nitrogens is 3. The number of H-pyrrole nitrogens is 1. The molecule has 0 aliphatic rings. The molecule has 0 aliphatic carbocycles. The van der Waals surface area contributed by atoms with Gasteiger partial charge in [0.05, 0.1) is 0 Å². The molecule has 1 heterocycles. The maximum absolute atomic E-state index is 5.84. The van der Waals surface area contributed by atoms with Gasteiger partial charge in [0, 0.05) is 12.1 Å². The Labute approximate surface area is 92.3 Å². The van der Waals surface area contributed by atoms with Crippen LogP contribution in [0.2, 0.25) is 0 Å². The number of anilines is 1. The summed E-state index contributed by atoms with van der Waals surface area (Å²) in [7, 11) is 0. The van der Waals surface area contributed by atoms with Crippen molar-refractivity contribution >= 4 is 17.4 Å². The number of rotatable bonds is 3. The minimum absolute atomic E-state index is 0.695. The summed E-state index contributed by atoms with van der Waals surface area (Å²) < 4.78 is 0. The van der Waals surface area contributed by atoms with E-state index in [-0.39, 0.29) is 0 Å². The fraction of sp³-hybridized carbons (Fsp3) is 0.200. The van der Waals surface area contributed by atoms with Gasteiger partial charge in [-0.3, -0.25) is 5.10 Å². The van der Waals surface area contributed by atoms with Crippen LogP contribution in [0.25, 0.3) is 0 Å². The molecule has 4 nitrogen and oxygen atoms in total. The van der Waals surface area contributed by atoms with E-state index in [1.807, 2.05) is 30.5 Å². The predicted molar refractivity (Wildman–Crippen MR) is 61.8 cm³/mol. The molecule has 0 unspecified atom stereocenters. The van der Waals surface area contributed by atoms with Crippen molar-refractivity contribution in [1.29, 1.82) is 0 Å². The summed E-state index contributed by atoms with van der Waals surface area (Å²) in [5, 5.41) is 7.70. The number of nitrogens with zero attached hydrogens (tertiary/aromatic N) is 2. The van der Waals surface area contributed by atoms with Gasteiger partial charge >= 0.3 is 0 Å². The molecule has 0 fully saturated rings. The van der Waals surface area contributed by atoms with E-state index in [1.54, 1.807) is 0 Å². The van der Waals surface area contributed by atoms with E-state index in [0.29, 0.717) is 6.42 Å². The van der Waals surface area contributed by atoms with Crippen molar-refractivity contribution in [3.05, 3.63) is 35.7 Å². The average Bonchev–Trinajstić information content (AvgIpc) is 2.69. The number of hydrogen-bond donors (Lipinski definition) is 2. The van der Waals surface area contributed by atoms with Crippen molar-refractivity contribution in [1.82, 2.24) is 15.2 Å². The van der Waals surface area contributed by atoms with Gasteiger partial charge in [-0.1, -0.05) is 30.0 Å². The molecule has 78 valence electrons. The largest absolute Gasteiger partial charge is 0.398 e. The minimum atomic E-state index is 0.695. The lowest BCUT2D eigenvalue weighted by Gasteiger charge is -2.01. The molecule has 0 aliphatic heterocycles. The Morgan fingerprint density at radius 1 is 1.40 bits per heavy atom. The smallest absolute Gasteiger partial charge is 0.208 e. The zero-order valence-corrected chi connectivity index (χ0v) is 9.21. The zero-order chi connectivity index (χ0) is 10.7. The zero-order valence-electron chi connectivity index (χ0n) is 8.40. The summed E-state index contributed by atoms with van der Waals surface area (Å²) in [5.74, 6) is 0.845. The Morgan fingerprint density at radius 3 is 2.87 bits per heavy atom. The molecule has 0 saturated heterocycles. The maximum atomic E-state index is 5.84. The second-order valence-electron chi connectivity index (χ2n) is 3.14. The predicted octanol–water partition coefficient (Wildman–Crippen LogP) is 1.70. The lowest BCUT2D eigenvalue weighted by atomic mass is 10.1. The molecule has 0 saturated carbocycles. The van der Waals surface area contributed by atoms with Crippen molar-refractivity contribution in [2.45, 2.75) is 11.6 Å². The van der Waals surface area contributed by atoms with Crippen LogP contribution in [0.1, 0.15) is 11.4 Å². The summed E-state index contributed by atoms with van der Waals surface area (Å²) in [6.45, 7) is 0. The molecule has 1 aromatic carbocycles. The second kappa shape index (κ2) is 4.35. The number of nitrogens with one attached hydrogen (secondary N) is 1. The highest BCUT2D eigenvalue weighted by Gasteiger charge is 2.04. The lowest BCUT2D eigenvalue weighted by molar-refractivity contribution is 0.958. The van der Waals surface area contributed by atoms with Crippen molar-refractivity contribution < 1.29 is 0 Å². The van der Waals surface area contributed by atoms with Gasteiger partial charge in [0.25, 0.3) is 0 Å². The number of benzene rings is 1. The quantitative estimate of drug-likeness (QED) is 0.610. The molecular weight excluding hydrogens is 208 g/mol. The third kappa shape index (κ3) is 2.30. The summed E-state index contributed by atoms with van der Waals surface area (Å²) in [6.07, 6.45) is 2.64. The maximum Gasteiger partial charge on any atom is 0.208 e. The number of nitrogens with two attached hydrogens (primary N) is 1. The van der Waals surface area contributed by atoms with E-state index in [1.165, 1.54) is 11.8 Å². The highest BCUT2D eigenvalue weighted by atomic mass is 32.2. The molecule has 2 aromatic rings. The van der Waals surface area contributed by atoms with Crippen LogP contribution in [0.3, 0.4) is 0 Å². The van der Waals surface area contributed by atoms with Gasteiger partial charge in [-0.2, -0.15) is 0 Å². The number of aromatic amines is 1. The Bertz CT molecular complexity index is 452. The van der Waals surface area contributed by atoms with Gasteiger partial charge in [0.2, 0.25) is 5.16 Å². The van der Waals surface area contributed by atoms with Gasteiger partial charge < -0.3 is 5.73 Å². The Hall–Kier alpha value is -1.49. The van der Waals surface area contributed by atoms with Crippen molar-refractivity contribution in [2.75, 3.05) is 12.0 Å². The van der Waals surface area contributed by atoms with Gasteiger partial charge in [-0.15, -0.1) is 5.10 Å². The lowest BCUT2D eigenvalue weighted by Crippen LogP contribution is -1.96. The molecule has 2 rings (SSSR count). The van der Waals surface area contributed by atoms with Gasteiger partial charge in [-0.05, 0) is 17.9 Å². The van der Waals surface area contributed by atoms with Crippen LogP contribution in [0, 0.1) is 0 Å². The Kier molecular flexibility index (Phi) is 2.91. The van der Waals surface area contributed by atoms with E-state index in [2.05, 4.69) is 15.2 Å².